The van der Waals surface area contributed by atoms with E-state index < -0.39 is 29.4 Å². The number of thiol groups is 1. The van der Waals surface area contributed by atoms with E-state index in [1.54, 1.807) is 0 Å². The van der Waals surface area contributed by atoms with Crippen molar-refractivity contribution in [1.29, 1.82) is 0 Å². The Kier molecular flexibility index (Phi) is 5.97. The Hall–Kier alpha value is -1.28. The number of carbonyl (C=O) groups is 3. The number of hydrogen-bond acceptors (Lipinski definition) is 5. The second kappa shape index (κ2) is 6.45. The van der Waals surface area contributed by atoms with E-state index in [9.17, 15) is 14.4 Å². The van der Waals surface area contributed by atoms with Crippen molar-refractivity contribution in [2.75, 3.05) is 5.75 Å². The minimum atomic E-state index is -1.46. The summed E-state index contributed by atoms with van der Waals surface area (Å²) in [4.78, 5) is 32.6. The molecule has 0 unspecified atom stereocenters. The highest BCUT2D eigenvalue weighted by molar-refractivity contribution is 7.80. The monoisotopic (exact) mass is 264 g/mol. The Bertz CT molecular complexity index is 323. The molecular weight excluding hydrogens is 248 g/mol. The van der Waals surface area contributed by atoms with Crippen LogP contribution in [0, 0.1) is 0 Å². The van der Waals surface area contributed by atoms with Gasteiger partial charge in [0.15, 0.2) is 0 Å². The molecule has 98 valence electrons. The van der Waals surface area contributed by atoms with Gasteiger partial charge >= 0.3 is 11.9 Å². The Morgan fingerprint density at radius 1 is 1.41 bits per heavy atom. The molecule has 0 aliphatic heterocycles. The summed E-state index contributed by atoms with van der Waals surface area (Å²) in [5.74, 6) is -3.05. The molecule has 17 heavy (non-hydrogen) atoms. The smallest absolute Gasteiger partial charge is 0.329 e. The average Bonchev–Trinajstić information content (AvgIpc) is 2.25. The van der Waals surface area contributed by atoms with Crippen molar-refractivity contribution in [3.05, 3.63) is 0 Å². The summed E-state index contributed by atoms with van der Waals surface area (Å²) in [5.41, 5.74) is 3.75. The molecule has 0 aromatic heterocycles. The first-order valence-corrected chi connectivity index (χ1v) is 5.50. The normalized spacial score (nSPS) is 15.7. The van der Waals surface area contributed by atoms with E-state index in [0.29, 0.717) is 0 Å². The fraction of sp³-hybridized carbons (Fsp3) is 0.667. The maximum Gasteiger partial charge on any atom is 0.329 e. The van der Waals surface area contributed by atoms with Crippen LogP contribution in [-0.4, -0.2) is 45.4 Å². The summed E-state index contributed by atoms with van der Waals surface area (Å²) in [6, 6.07) is -1.13. The van der Waals surface area contributed by atoms with Crippen LogP contribution in [0.15, 0.2) is 0 Å². The van der Waals surface area contributed by atoms with Crippen molar-refractivity contribution in [2.45, 2.75) is 31.3 Å². The number of carboxylic acid groups (broad SMARTS) is 2. The lowest BCUT2D eigenvalue weighted by Gasteiger charge is -2.24. The highest BCUT2D eigenvalue weighted by Crippen LogP contribution is 2.07. The molecule has 0 spiro atoms. The van der Waals surface area contributed by atoms with Crippen LogP contribution < -0.4 is 11.1 Å². The van der Waals surface area contributed by atoms with Gasteiger partial charge in [-0.3, -0.25) is 9.59 Å². The molecule has 7 nitrogen and oxygen atoms in total. The minimum absolute atomic E-state index is 0.0521. The molecule has 0 radical (unpaired) electrons. The predicted octanol–water partition coefficient (Wildman–Crippen LogP) is -0.932. The van der Waals surface area contributed by atoms with E-state index in [-0.39, 0.29) is 18.6 Å². The molecule has 0 saturated heterocycles. The van der Waals surface area contributed by atoms with Crippen molar-refractivity contribution in [2.24, 2.45) is 5.73 Å². The van der Waals surface area contributed by atoms with E-state index in [4.69, 9.17) is 15.9 Å². The Morgan fingerprint density at radius 2 is 1.94 bits per heavy atom. The molecule has 0 rings (SSSR count). The molecule has 0 saturated carbocycles. The summed E-state index contributed by atoms with van der Waals surface area (Å²) in [6.45, 7) is 1.32. The van der Waals surface area contributed by atoms with Gasteiger partial charge in [-0.25, -0.2) is 4.79 Å². The Morgan fingerprint density at radius 3 is 2.29 bits per heavy atom. The summed E-state index contributed by atoms with van der Waals surface area (Å²) in [5, 5.41) is 19.6. The molecule has 0 aliphatic carbocycles. The lowest BCUT2D eigenvalue weighted by atomic mass is 10.0. The molecule has 8 heteroatoms. The fourth-order valence-corrected chi connectivity index (χ4v) is 1.16. The van der Waals surface area contributed by atoms with Crippen LogP contribution in [0.3, 0.4) is 0 Å². The average molecular weight is 264 g/mol. The van der Waals surface area contributed by atoms with Crippen LogP contribution in [-0.2, 0) is 14.4 Å². The van der Waals surface area contributed by atoms with E-state index in [0.717, 1.165) is 0 Å². The third-order valence-electron chi connectivity index (χ3n) is 2.20. The van der Waals surface area contributed by atoms with Crippen molar-refractivity contribution in [1.82, 2.24) is 5.32 Å². The zero-order chi connectivity index (χ0) is 13.6. The van der Waals surface area contributed by atoms with Crippen molar-refractivity contribution in [3.63, 3.8) is 0 Å². The van der Waals surface area contributed by atoms with E-state index in [1.807, 2.05) is 0 Å². The topological polar surface area (TPSA) is 130 Å². The van der Waals surface area contributed by atoms with Crippen molar-refractivity contribution >= 4 is 30.5 Å². The summed E-state index contributed by atoms with van der Waals surface area (Å²) in [7, 11) is 0. The highest BCUT2D eigenvalue weighted by atomic mass is 32.1. The van der Waals surface area contributed by atoms with Crippen LogP contribution in [0.2, 0.25) is 0 Å². The number of amides is 1. The quantitative estimate of drug-likeness (QED) is 0.378. The SMILES string of the molecule is C[C@@](CS)(NC(=O)CC[C@H](N)C(=O)O)C(=O)O. The first-order chi connectivity index (χ1) is 7.73. The second-order valence-electron chi connectivity index (χ2n) is 3.83. The molecule has 2 atom stereocenters. The van der Waals surface area contributed by atoms with Crippen LogP contribution in [0.5, 0.6) is 0 Å². The maximum absolute atomic E-state index is 11.4. The number of hydrogen-bond donors (Lipinski definition) is 5. The largest absolute Gasteiger partial charge is 0.480 e. The summed E-state index contributed by atoms with van der Waals surface area (Å²) < 4.78 is 0. The van der Waals surface area contributed by atoms with E-state index in [2.05, 4.69) is 17.9 Å². The van der Waals surface area contributed by atoms with Gasteiger partial charge in [0, 0.05) is 12.2 Å². The molecule has 0 fully saturated rings. The van der Waals surface area contributed by atoms with Gasteiger partial charge < -0.3 is 21.3 Å². The van der Waals surface area contributed by atoms with Gasteiger partial charge in [0.05, 0.1) is 0 Å². The summed E-state index contributed by atoms with van der Waals surface area (Å²) in [6.07, 6.45) is -0.201. The molecule has 1 amide bonds. The Balaban J connectivity index is 4.27. The zero-order valence-corrected chi connectivity index (χ0v) is 10.2. The molecule has 0 heterocycles. The second-order valence-corrected chi connectivity index (χ2v) is 4.14. The molecule has 0 aromatic rings. The highest BCUT2D eigenvalue weighted by Gasteiger charge is 2.33. The number of rotatable bonds is 7. The third kappa shape index (κ3) is 5.05. The molecule has 5 N–H and O–H groups in total. The van der Waals surface area contributed by atoms with Gasteiger partial charge in [-0.1, -0.05) is 0 Å². The van der Waals surface area contributed by atoms with Crippen LogP contribution in [0.1, 0.15) is 19.8 Å². The third-order valence-corrected chi connectivity index (χ3v) is 2.84. The zero-order valence-electron chi connectivity index (χ0n) is 9.34. The fourth-order valence-electron chi connectivity index (χ4n) is 0.941. The minimum Gasteiger partial charge on any atom is -0.480 e. The van der Waals surface area contributed by atoms with Gasteiger partial charge in [0.1, 0.15) is 11.6 Å². The van der Waals surface area contributed by atoms with Gasteiger partial charge in [-0.05, 0) is 13.3 Å². The van der Waals surface area contributed by atoms with Gasteiger partial charge in [0.2, 0.25) is 5.91 Å². The van der Waals surface area contributed by atoms with Crippen LogP contribution in [0.4, 0.5) is 0 Å². The first-order valence-electron chi connectivity index (χ1n) is 4.86. The van der Waals surface area contributed by atoms with Crippen LogP contribution in [0.25, 0.3) is 0 Å². The van der Waals surface area contributed by atoms with Gasteiger partial charge in [-0.15, -0.1) is 0 Å². The predicted molar refractivity (Wildman–Crippen MR) is 62.9 cm³/mol. The number of nitrogens with one attached hydrogen (secondary N) is 1. The van der Waals surface area contributed by atoms with Crippen molar-refractivity contribution in [3.8, 4) is 0 Å². The number of carboxylic acids is 2. The van der Waals surface area contributed by atoms with Gasteiger partial charge in [-0.2, -0.15) is 12.6 Å². The van der Waals surface area contributed by atoms with E-state index >= 15 is 0 Å². The maximum atomic E-state index is 11.4. The molecular formula is C9H16N2O5S. The number of aliphatic carboxylic acids is 2. The van der Waals surface area contributed by atoms with Crippen LogP contribution >= 0.6 is 12.6 Å². The number of nitrogens with two attached hydrogens (primary N) is 1. The Labute approximate surface area is 104 Å². The standard InChI is InChI=1S/C9H16N2O5S/c1-9(4-17,8(15)16)11-6(12)3-2-5(10)7(13)14/h5,17H,2-4,10H2,1H3,(H,11,12)(H,13,14)(H,15,16)/t5-,9-/m0/s1. The van der Waals surface area contributed by atoms with E-state index in [1.165, 1.54) is 6.92 Å². The van der Waals surface area contributed by atoms with Crippen molar-refractivity contribution < 1.29 is 24.6 Å². The lowest BCUT2D eigenvalue weighted by molar-refractivity contribution is -0.146. The molecule has 0 aromatic carbocycles. The number of carbonyl (C=O) groups excluding carboxylic acids is 1. The molecule has 0 aliphatic rings. The van der Waals surface area contributed by atoms with Gasteiger partial charge in [0.25, 0.3) is 0 Å². The molecule has 0 bridgehead atoms. The lowest BCUT2D eigenvalue weighted by Crippen LogP contribution is -2.54. The summed E-state index contributed by atoms with van der Waals surface area (Å²) >= 11 is 3.84. The first kappa shape index (κ1) is 15.7.